The standard InChI is InChI=1S/C37H47N5O8S/c1-2-26-21-37(26,35(45)41-51(47,48)28-14-15-28)40-32(43)30-20-27-22-42(30)34(44)31(25-10-6-3-7-11-25)39-36(46)49-18-8-4-5-9-23-12-13-24-16-17-38-33(50-27)29(24)19-23/h2,12-13,16-17,19,25-28,30-31H,1,3-11,14-15,18,20-22H2,(H,39,46)(H,40,43)(H,41,45)/t26?,27-,30+,31+,37-/m1/s1. The predicted octanol–water partition coefficient (Wildman–Crippen LogP) is 3.65. The summed E-state index contributed by atoms with van der Waals surface area (Å²) in [4.78, 5) is 61.5. The summed E-state index contributed by atoms with van der Waals surface area (Å²) in [6.07, 6.45) is 10.7. The molecule has 3 aliphatic carbocycles. The highest BCUT2D eigenvalue weighted by Crippen LogP contribution is 2.45. The maximum atomic E-state index is 14.6. The predicted molar refractivity (Wildman–Crippen MR) is 188 cm³/mol. The monoisotopic (exact) mass is 721 g/mol. The number of benzene rings is 1. The van der Waals surface area contributed by atoms with E-state index < -0.39 is 68.7 Å². The van der Waals surface area contributed by atoms with E-state index in [1.807, 2.05) is 12.1 Å². The minimum Gasteiger partial charge on any atom is -0.472 e. The Kier molecular flexibility index (Phi) is 9.97. The van der Waals surface area contributed by atoms with Gasteiger partial charge in [-0.05, 0) is 86.8 Å². The van der Waals surface area contributed by atoms with Gasteiger partial charge in [0, 0.05) is 23.9 Å². The fourth-order valence-electron chi connectivity index (χ4n) is 7.96. The number of carbonyl (C=O) groups is 4. The smallest absolute Gasteiger partial charge is 0.407 e. The summed E-state index contributed by atoms with van der Waals surface area (Å²) in [5.41, 5.74) is -0.400. The average molecular weight is 722 g/mol. The first-order valence-corrected chi connectivity index (χ1v) is 19.9. The molecule has 3 saturated carbocycles. The van der Waals surface area contributed by atoms with E-state index >= 15 is 0 Å². The number of cyclic esters (lactones) is 1. The number of sulfonamides is 1. The molecule has 2 aromatic rings. The van der Waals surface area contributed by atoms with Crippen LogP contribution in [0.3, 0.4) is 0 Å². The molecule has 1 saturated heterocycles. The molecule has 13 nitrogen and oxygen atoms in total. The van der Waals surface area contributed by atoms with E-state index in [1.165, 1.54) is 11.0 Å². The molecule has 4 bridgehead atoms. The van der Waals surface area contributed by atoms with Crippen LogP contribution in [0.2, 0.25) is 0 Å². The van der Waals surface area contributed by atoms with Crippen LogP contribution in [-0.2, 0) is 35.6 Å². The Hall–Kier alpha value is -4.20. The van der Waals surface area contributed by atoms with Crippen LogP contribution in [0.4, 0.5) is 4.79 Å². The van der Waals surface area contributed by atoms with Crippen molar-refractivity contribution in [3.05, 3.63) is 48.7 Å². The second-order valence-electron chi connectivity index (χ2n) is 14.8. The van der Waals surface area contributed by atoms with Crippen LogP contribution in [0.1, 0.15) is 82.6 Å². The van der Waals surface area contributed by atoms with Gasteiger partial charge in [-0.2, -0.15) is 0 Å². The maximum Gasteiger partial charge on any atom is 0.407 e. The summed E-state index contributed by atoms with van der Waals surface area (Å²) in [7, 11) is -3.87. The number of fused-ring (bicyclic) bond motifs is 3. The van der Waals surface area contributed by atoms with Gasteiger partial charge in [0.25, 0.3) is 5.91 Å². The third-order valence-corrected chi connectivity index (χ3v) is 13.0. The van der Waals surface area contributed by atoms with Crippen molar-refractivity contribution in [1.29, 1.82) is 0 Å². The van der Waals surface area contributed by atoms with E-state index in [0.29, 0.717) is 25.1 Å². The Bertz CT molecular complexity index is 1810. The number of nitrogens with zero attached hydrogens (tertiary/aromatic N) is 2. The lowest BCUT2D eigenvalue weighted by atomic mass is 9.83. The average Bonchev–Trinajstić information content (AvgIpc) is 4.05. The number of ether oxygens (including phenoxy) is 2. The van der Waals surface area contributed by atoms with Gasteiger partial charge in [0.2, 0.25) is 27.7 Å². The van der Waals surface area contributed by atoms with Crippen molar-refractivity contribution in [2.45, 2.75) is 112 Å². The number of aryl methyl sites for hydroxylation is 1. The third kappa shape index (κ3) is 7.56. The normalized spacial score (nSPS) is 29.2. The van der Waals surface area contributed by atoms with E-state index in [9.17, 15) is 27.6 Å². The molecule has 51 heavy (non-hydrogen) atoms. The molecular weight excluding hydrogens is 675 g/mol. The molecule has 5 atom stereocenters. The summed E-state index contributed by atoms with van der Waals surface area (Å²) in [5.74, 6) is -2.09. The van der Waals surface area contributed by atoms with Gasteiger partial charge in [-0.1, -0.05) is 37.5 Å². The summed E-state index contributed by atoms with van der Waals surface area (Å²) in [6.45, 7) is 4.05. The first-order valence-electron chi connectivity index (χ1n) is 18.4. The summed E-state index contributed by atoms with van der Waals surface area (Å²) < 4.78 is 39.6. The molecule has 4 amide bonds. The maximum absolute atomic E-state index is 14.6. The molecule has 274 valence electrons. The van der Waals surface area contributed by atoms with Gasteiger partial charge in [-0.25, -0.2) is 18.2 Å². The van der Waals surface area contributed by atoms with Gasteiger partial charge in [-0.3, -0.25) is 19.1 Å². The number of aromatic nitrogens is 1. The van der Waals surface area contributed by atoms with Crippen molar-refractivity contribution >= 4 is 44.6 Å². The highest BCUT2D eigenvalue weighted by molar-refractivity contribution is 7.91. The lowest BCUT2D eigenvalue weighted by Gasteiger charge is -2.34. The molecule has 3 heterocycles. The fourth-order valence-corrected chi connectivity index (χ4v) is 9.32. The van der Waals surface area contributed by atoms with Gasteiger partial charge in [0.05, 0.1) is 18.4 Å². The molecule has 4 fully saturated rings. The number of rotatable bonds is 7. The Labute approximate surface area is 298 Å². The lowest BCUT2D eigenvalue weighted by Crippen LogP contribution is -2.59. The van der Waals surface area contributed by atoms with Crippen LogP contribution >= 0.6 is 0 Å². The second kappa shape index (κ2) is 14.4. The molecule has 7 rings (SSSR count). The fraction of sp³-hybridized carbons (Fsp3) is 0.595. The zero-order valence-corrected chi connectivity index (χ0v) is 29.6. The highest BCUT2D eigenvalue weighted by Gasteiger charge is 2.62. The Morgan fingerprint density at radius 2 is 1.82 bits per heavy atom. The van der Waals surface area contributed by atoms with E-state index in [-0.39, 0.29) is 31.9 Å². The van der Waals surface area contributed by atoms with Gasteiger partial charge in [-0.15, -0.1) is 6.58 Å². The molecule has 0 radical (unpaired) electrons. The minimum absolute atomic E-state index is 0.0365. The van der Waals surface area contributed by atoms with E-state index in [0.717, 1.165) is 67.7 Å². The van der Waals surface area contributed by atoms with Crippen molar-refractivity contribution in [2.75, 3.05) is 13.2 Å². The molecule has 2 aliphatic heterocycles. The SMILES string of the molecule is C=CC1C[C@]1(NC(=O)[C@@H]1C[C@@H]2CN1C(=O)[C@H](C1CCCCC1)NC(=O)OCCCCCc1ccc3ccnc(c3c1)O2)C(=O)NS(=O)(=O)C1CC1. The van der Waals surface area contributed by atoms with E-state index in [2.05, 4.69) is 39.1 Å². The van der Waals surface area contributed by atoms with Crippen LogP contribution in [-0.4, -0.2) is 84.2 Å². The van der Waals surface area contributed by atoms with Gasteiger partial charge in [0.15, 0.2) is 0 Å². The van der Waals surface area contributed by atoms with Crippen LogP contribution in [0, 0.1) is 11.8 Å². The number of pyridine rings is 1. The molecule has 3 N–H and O–H groups in total. The van der Waals surface area contributed by atoms with Crippen LogP contribution in [0.25, 0.3) is 10.8 Å². The van der Waals surface area contributed by atoms with Crippen LogP contribution < -0.4 is 20.1 Å². The van der Waals surface area contributed by atoms with Crippen molar-refractivity contribution in [3.8, 4) is 5.88 Å². The molecular formula is C37H47N5O8S. The van der Waals surface area contributed by atoms with Crippen molar-refractivity contribution in [3.63, 3.8) is 0 Å². The zero-order valence-electron chi connectivity index (χ0n) is 28.8. The van der Waals surface area contributed by atoms with E-state index in [1.54, 1.807) is 6.20 Å². The molecule has 1 aromatic carbocycles. The summed E-state index contributed by atoms with van der Waals surface area (Å²) in [6, 6.07) is 6.08. The first-order chi connectivity index (χ1) is 24.6. The largest absolute Gasteiger partial charge is 0.472 e. The van der Waals surface area contributed by atoms with Crippen molar-refractivity contribution in [1.82, 2.24) is 25.2 Å². The number of amides is 4. The Balaban J connectivity index is 1.20. The first kappa shape index (κ1) is 35.2. The zero-order chi connectivity index (χ0) is 35.8. The molecule has 14 heteroatoms. The van der Waals surface area contributed by atoms with Crippen molar-refractivity contribution in [2.24, 2.45) is 11.8 Å². The lowest BCUT2D eigenvalue weighted by molar-refractivity contribution is -0.142. The van der Waals surface area contributed by atoms with Gasteiger partial charge < -0.3 is 25.0 Å². The number of hydrogen-bond donors (Lipinski definition) is 3. The van der Waals surface area contributed by atoms with Crippen LogP contribution in [0.15, 0.2) is 43.1 Å². The van der Waals surface area contributed by atoms with Gasteiger partial charge in [0.1, 0.15) is 23.7 Å². The highest BCUT2D eigenvalue weighted by atomic mass is 32.2. The Morgan fingerprint density at radius 3 is 2.57 bits per heavy atom. The quantitative estimate of drug-likeness (QED) is 0.361. The summed E-state index contributed by atoms with van der Waals surface area (Å²) >= 11 is 0. The van der Waals surface area contributed by atoms with E-state index in [4.69, 9.17) is 9.47 Å². The number of alkyl carbamates (subject to hydrolysis) is 1. The Morgan fingerprint density at radius 1 is 1.04 bits per heavy atom. The molecule has 1 unspecified atom stereocenters. The minimum atomic E-state index is -3.87. The number of nitrogens with one attached hydrogen (secondary N) is 3. The van der Waals surface area contributed by atoms with Crippen LogP contribution in [0.5, 0.6) is 5.88 Å². The summed E-state index contributed by atoms with van der Waals surface area (Å²) in [5, 5.41) is 6.85. The number of carbonyl (C=O) groups excluding carboxylic acids is 4. The third-order valence-electron chi connectivity index (χ3n) is 11.2. The topological polar surface area (TPSA) is 173 Å². The van der Waals surface area contributed by atoms with Crippen molar-refractivity contribution < 1.29 is 37.1 Å². The second-order valence-corrected chi connectivity index (χ2v) is 16.8. The number of hydrogen-bond acceptors (Lipinski definition) is 9. The molecule has 0 spiro atoms. The van der Waals surface area contributed by atoms with Gasteiger partial charge >= 0.3 is 6.09 Å². The molecule has 1 aromatic heterocycles. The molecule has 5 aliphatic rings.